The highest BCUT2D eigenvalue weighted by atomic mass is 35.5. The van der Waals surface area contributed by atoms with E-state index >= 15 is 0 Å². The lowest BCUT2D eigenvalue weighted by Crippen LogP contribution is -2.04. The van der Waals surface area contributed by atoms with E-state index in [1.807, 2.05) is 43.3 Å². The van der Waals surface area contributed by atoms with Crippen LogP contribution in [-0.4, -0.2) is 0 Å². The lowest BCUT2D eigenvalue weighted by Gasteiger charge is -2.13. The summed E-state index contributed by atoms with van der Waals surface area (Å²) in [5.41, 5.74) is 7.99. The zero-order valence-corrected chi connectivity index (χ0v) is 11.9. The van der Waals surface area contributed by atoms with E-state index in [1.54, 1.807) is 0 Å². The van der Waals surface area contributed by atoms with Crippen LogP contribution < -0.4 is 10.5 Å². The van der Waals surface area contributed by atoms with E-state index in [-0.39, 0.29) is 6.04 Å². The van der Waals surface area contributed by atoms with Gasteiger partial charge in [-0.1, -0.05) is 42.8 Å². The summed E-state index contributed by atoms with van der Waals surface area (Å²) in [5, 5.41) is 0.584. The van der Waals surface area contributed by atoms with Crippen LogP contribution in [-0.2, 0) is 6.42 Å². The lowest BCUT2D eigenvalue weighted by molar-refractivity contribution is 0.476. The van der Waals surface area contributed by atoms with Gasteiger partial charge in [0.25, 0.3) is 0 Å². The molecule has 2 aromatic carbocycles. The monoisotopic (exact) mass is 275 g/mol. The molecule has 1 unspecified atom stereocenters. The fourth-order valence-electron chi connectivity index (χ4n) is 1.90. The van der Waals surface area contributed by atoms with Gasteiger partial charge in [0.15, 0.2) is 0 Å². The van der Waals surface area contributed by atoms with Crippen LogP contribution in [0.15, 0.2) is 42.5 Å². The van der Waals surface area contributed by atoms with Crippen molar-refractivity contribution < 1.29 is 4.74 Å². The van der Waals surface area contributed by atoms with Crippen molar-refractivity contribution in [3.63, 3.8) is 0 Å². The minimum Gasteiger partial charge on any atom is -0.456 e. The summed E-state index contributed by atoms with van der Waals surface area (Å²) < 4.78 is 5.89. The lowest BCUT2D eigenvalue weighted by atomic mass is 10.1. The molecule has 0 radical (unpaired) electrons. The van der Waals surface area contributed by atoms with Gasteiger partial charge >= 0.3 is 0 Å². The van der Waals surface area contributed by atoms with Gasteiger partial charge < -0.3 is 10.5 Å². The molecule has 2 nitrogen and oxygen atoms in total. The molecular formula is C16H18ClNO. The predicted octanol–water partition coefficient (Wildman–Crippen LogP) is 4.71. The van der Waals surface area contributed by atoms with E-state index in [2.05, 4.69) is 13.0 Å². The third kappa shape index (κ3) is 3.28. The molecule has 0 heterocycles. The number of halogens is 1. The van der Waals surface area contributed by atoms with Crippen molar-refractivity contribution in [2.75, 3.05) is 0 Å². The normalized spacial score (nSPS) is 12.2. The van der Waals surface area contributed by atoms with Crippen LogP contribution in [0, 0.1) is 0 Å². The molecule has 0 saturated heterocycles. The fraction of sp³-hybridized carbons (Fsp3) is 0.250. The highest BCUT2D eigenvalue weighted by Crippen LogP contribution is 2.32. The average Bonchev–Trinajstić information content (AvgIpc) is 2.41. The number of hydrogen-bond donors (Lipinski definition) is 1. The molecule has 1 atom stereocenters. The van der Waals surface area contributed by atoms with Crippen LogP contribution in [0.3, 0.4) is 0 Å². The molecular weight excluding hydrogens is 258 g/mol. The summed E-state index contributed by atoms with van der Waals surface area (Å²) in [5.74, 6) is 1.51. The van der Waals surface area contributed by atoms with Crippen molar-refractivity contribution >= 4 is 11.6 Å². The van der Waals surface area contributed by atoms with Gasteiger partial charge in [-0.25, -0.2) is 0 Å². The molecule has 0 aromatic heterocycles. The van der Waals surface area contributed by atoms with E-state index < -0.39 is 0 Å². The Bertz CT molecular complexity index is 566. The molecule has 19 heavy (non-hydrogen) atoms. The van der Waals surface area contributed by atoms with Gasteiger partial charge in [0.2, 0.25) is 0 Å². The summed E-state index contributed by atoms with van der Waals surface area (Å²) in [6, 6.07) is 13.6. The number of rotatable bonds is 4. The van der Waals surface area contributed by atoms with Crippen LogP contribution in [0.2, 0.25) is 5.02 Å². The Labute approximate surface area is 119 Å². The topological polar surface area (TPSA) is 35.2 Å². The van der Waals surface area contributed by atoms with Crippen molar-refractivity contribution in [1.29, 1.82) is 0 Å². The minimum absolute atomic E-state index is 0.0329. The van der Waals surface area contributed by atoms with E-state index in [4.69, 9.17) is 22.1 Å². The first kappa shape index (κ1) is 13.9. The summed E-state index contributed by atoms with van der Waals surface area (Å²) in [6.45, 7) is 4.03. The zero-order chi connectivity index (χ0) is 13.8. The number of hydrogen-bond acceptors (Lipinski definition) is 2. The highest BCUT2D eigenvalue weighted by Gasteiger charge is 2.08. The van der Waals surface area contributed by atoms with Gasteiger partial charge in [0, 0.05) is 6.04 Å². The largest absolute Gasteiger partial charge is 0.456 e. The SMILES string of the molecule is CCc1ccccc1Oc1ccc(C(C)N)cc1Cl. The zero-order valence-electron chi connectivity index (χ0n) is 11.2. The fourth-order valence-corrected chi connectivity index (χ4v) is 2.12. The average molecular weight is 276 g/mol. The minimum atomic E-state index is -0.0329. The molecule has 2 aromatic rings. The van der Waals surface area contributed by atoms with Gasteiger partial charge in [-0.15, -0.1) is 0 Å². The molecule has 3 heteroatoms. The van der Waals surface area contributed by atoms with Crippen molar-refractivity contribution in [1.82, 2.24) is 0 Å². The first-order valence-corrected chi connectivity index (χ1v) is 6.80. The van der Waals surface area contributed by atoms with Crippen molar-refractivity contribution in [3.8, 4) is 11.5 Å². The maximum absolute atomic E-state index is 6.24. The highest BCUT2D eigenvalue weighted by molar-refractivity contribution is 6.32. The molecule has 0 aliphatic heterocycles. The summed E-state index contributed by atoms with van der Waals surface area (Å²) in [4.78, 5) is 0. The number of nitrogens with two attached hydrogens (primary N) is 1. The first-order valence-electron chi connectivity index (χ1n) is 6.42. The molecule has 0 aliphatic rings. The molecule has 0 fully saturated rings. The molecule has 100 valence electrons. The maximum atomic E-state index is 6.24. The molecule has 0 aliphatic carbocycles. The molecule has 0 saturated carbocycles. The maximum Gasteiger partial charge on any atom is 0.146 e. The van der Waals surface area contributed by atoms with Crippen LogP contribution in [0.1, 0.15) is 31.0 Å². The standard InChI is InChI=1S/C16H18ClNO/c1-3-12-6-4-5-7-15(12)19-16-9-8-13(11(2)18)10-14(16)17/h4-11H,3,18H2,1-2H3. The number of benzene rings is 2. The first-order chi connectivity index (χ1) is 9.11. The van der Waals surface area contributed by atoms with Crippen LogP contribution in [0.25, 0.3) is 0 Å². The Morgan fingerprint density at radius 1 is 1.16 bits per heavy atom. The van der Waals surface area contributed by atoms with Crippen LogP contribution >= 0.6 is 11.6 Å². The summed E-state index contributed by atoms with van der Waals surface area (Å²) in [7, 11) is 0. The third-order valence-electron chi connectivity index (χ3n) is 3.06. The van der Waals surface area contributed by atoms with Crippen LogP contribution in [0.4, 0.5) is 0 Å². The smallest absolute Gasteiger partial charge is 0.146 e. The summed E-state index contributed by atoms with van der Waals surface area (Å²) >= 11 is 6.24. The van der Waals surface area contributed by atoms with E-state index in [0.29, 0.717) is 10.8 Å². The van der Waals surface area contributed by atoms with Gasteiger partial charge in [-0.05, 0) is 42.7 Å². The Morgan fingerprint density at radius 3 is 2.53 bits per heavy atom. The van der Waals surface area contributed by atoms with E-state index in [0.717, 1.165) is 23.3 Å². The van der Waals surface area contributed by atoms with E-state index in [9.17, 15) is 0 Å². The molecule has 2 N–H and O–H groups in total. The molecule has 0 amide bonds. The second-order valence-electron chi connectivity index (χ2n) is 4.54. The number of ether oxygens (including phenoxy) is 1. The van der Waals surface area contributed by atoms with Crippen LogP contribution in [0.5, 0.6) is 11.5 Å². The Hall–Kier alpha value is -1.51. The quantitative estimate of drug-likeness (QED) is 0.877. The van der Waals surface area contributed by atoms with Crippen molar-refractivity contribution in [2.45, 2.75) is 26.3 Å². The number of aryl methyl sites for hydroxylation is 1. The second-order valence-corrected chi connectivity index (χ2v) is 4.95. The predicted molar refractivity (Wildman–Crippen MR) is 79.9 cm³/mol. The third-order valence-corrected chi connectivity index (χ3v) is 3.35. The van der Waals surface area contributed by atoms with Gasteiger partial charge in [0.05, 0.1) is 5.02 Å². The Morgan fingerprint density at radius 2 is 1.89 bits per heavy atom. The molecule has 2 rings (SSSR count). The second kappa shape index (κ2) is 6.09. The molecule has 0 spiro atoms. The number of para-hydroxylation sites is 1. The van der Waals surface area contributed by atoms with Gasteiger partial charge in [0.1, 0.15) is 11.5 Å². The summed E-state index contributed by atoms with van der Waals surface area (Å²) in [6.07, 6.45) is 0.922. The molecule has 0 bridgehead atoms. The van der Waals surface area contributed by atoms with Crippen molar-refractivity contribution in [2.24, 2.45) is 5.73 Å². The van der Waals surface area contributed by atoms with E-state index in [1.165, 1.54) is 0 Å². The Balaban J connectivity index is 2.28. The van der Waals surface area contributed by atoms with Gasteiger partial charge in [-0.2, -0.15) is 0 Å². The Kier molecular flexibility index (Phi) is 4.46. The van der Waals surface area contributed by atoms with Crippen molar-refractivity contribution in [3.05, 3.63) is 58.6 Å². The van der Waals surface area contributed by atoms with Gasteiger partial charge in [-0.3, -0.25) is 0 Å².